The van der Waals surface area contributed by atoms with Crippen molar-refractivity contribution in [3.8, 4) is 0 Å². The molecule has 0 aromatic carbocycles. The average molecular weight is 250 g/mol. The number of methoxy groups -OCH3 is 1. The first-order chi connectivity index (χ1) is 7.55. The van der Waals surface area contributed by atoms with E-state index < -0.39 is 10.0 Å². The van der Waals surface area contributed by atoms with Gasteiger partial charge in [0.2, 0.25) is 10.0 Å². The van der Waals surface area contributed by atoms with E-state index in [0.717, 1.165) is 25.7 Å². The molecule has 1 saturated carbocycles. The number of rotatable bonds is 6. The molecule has 2 atom stereocenters. The standard InChI is InChI=1S/C10H22N2O3S/c1-15-7-4-8-16(13,14)12-10-6-3-2-5-9(10)11/h9-10,12H,2-8,11H2,1H3. The number of nitrogens with two attached hydrogens (primary N) is 1. The minimum Gasteiger partial charge on any atom is -0.385 e. The number of ether oxygens (including phenoxy) is 1. The molecule has 3 N–H and O–H groups in total. The SMILES string of the molecule is COCCCS(=O)(=O)NC1CCCCC1N. The van der Waals surface area contributed by atoms with Crippen LogP contribution in [0.1, 0.15) is 32.1 Å². The maximum absolute atomic E-state index is 11.7. The van der Waals surface area contributed by atoms with Crippen molar-refractivity contribution in [1.82, 2.24) is 4.72 Å². The summed E-state index contributed by atoms with van der Waals surface area (Å²) in [6, 6.07) is -0.118. The highest BCUT2D eigenvalue weighted by atomic mass is 32.2. The van der Waals surface area contributed by atoms with Gasteiger partial charge in [0, 0.05) is 25.8 Å². The van der Waals surface area contributed by atoms with E-state index in [1.54, 1.807) is 7.11 Å². The van der Waals surface area contributed by atoms with Gasteiger partial charge in [0.1, 0.15) is 0 Å². The van der Waals surface area contributed by atoms with Gasteiger partial charge in [-0.15, -0.1) is 0 Å². The highest BCUT2D eigenvalue weighted by Crippen LogP contribution is 2.17. The summed E-state index contributed by atoms with van der Waals surface area (Å²) in [6.45, 7) is 0.470. The number of sulfonamides is 1. The quantitative estimate of drug-likeness (QED) is 0.660. The van der Waals surface area contributed by atoms with E-state index in [-0.39, 0.29) is 17.8 Å². The lowest BCUT2D eigenvalue weighted by Gasteiger charge is -2.29. The normalized spacial score (nSPS) is 26.9. The molecule has 2 unspecified atom stereocenters. The Bertz CT molecular complexity index is 292. The molecule has 0 radical (unpaired) electrons. The Morgan fingerprint density at radius 3 is 2.69 bits per heavy atom. The fraction of sp³-hybridized carbons (Fsp3) is 1.00. The van der Waals surface area contributed by atoms with Gasteiger partial charge in [-0.3, -0.25) is 0 Å². The van der Waals surface area contributed by atoms with Gasteiger partial charge in [-0.05, 0) is 19.3 Å². The summed E-state index contributed by atoms with van der Waals surface area (Å²) in [6.07, 6.45) is 4.44. The van der Waals surface area contributed by atoms with Crippen LogP contribution in [0.3, 0.4) is 0 Å². The first kappa shape index (κ1) is 13.9. The van der Waals surface area contributed by atoms with E-state index in [0.29, 0.717) is 13.0 Å². The predicted octanol–water partition coefficient (Wildman–Crippen LogP) is 0.212. The van der Waals surface area contributed by atoms with Crippen LogP contribution in [0.5, 0.6) is 0 Å². The van der Waals surface area contributed by atoms with E-state index >= 15 is 0 Å². The third kappa shape index (κ3) is 4.78. The van der Waals surface area contributed by atoms with Crippen molar-refractivity contribution in [2.75, 3.05) is 19.5 Å². The second-order valence-electron chi connectivity index (χ2n) is 4.34. The summed E-state index contributed by atoms with van der Waals surface area (Å²) in [5, 5.41) is 0. The largest absolute Gasteiger partial charge is 0.385 e. The summed E-state index contributed by atoms with van der Waals surface area (Å²) in [5.74, 6) is 0.115. The molecular formula is C10H22N2O3S. The Labute approximate surface area is 97.8 Å². The van der Waals surface area contributed by atoms with Crippen LogP contribution >= 0.6 is 0 Å². The lowest BCUT2D eigenvalue weighted by Crippen LogP contribution is -2.49. The lowest BCUT2D eigenvalue weighted by atomic mass is 9.92. The first-order valence-electron chi connectivity index (χ1n) is 5.79. The molecule has 0 heterocycles. The van der Waals surface area contributed by atoms with Crippen LogP contribution in [-0.2, 0) is 14.8 Å². The molecule has 1 aliphatic carbocycles. The van der Waals surface area contributed by atoms with Gasteiger partial charge >= 0.3 is 0 Å². The van der Waals surface area contributed by atoms with Crippen LogP contribution in [-0.4, -0.2) is 40.0 Å². The molecule has 6 heteroatoms. The second kappa shape index (κ2) is 6.54. The van der Waals surface area contributed by atoms with Crippen LogP contribution < -0.4 is 10.5 Å². The lowest BCUT2D eigenvalue weighted by molar-refractivity contribution is 0.199. The molecule has 0 aliphatic heterocycles. The van der Waals surface area contributed by atoms with E-state index in [1.807, 2.05) is 0 Å². The molecule has 1 fully saturated rings. The van der Waals surface area contributed by atoms with Crippen molar-refractivity contribution >= 4 is 10.0 Å². The molecule has 5 nitrogen and oxygen atoms in total. The molecule has 0 aromatic heterocycles. The summed E-state index contributed by atoms with van der Waals surface area (Å²) in [5.41, 5.74) is 5.89. The van der Waals surface area contributed by atoms with Crippen LogP contribution in [0.15, 0.2) is 0 Å². The van der Waals surface area contributed by atoms with Gasteiger partial charge in [0.25, 0.3) is 0 Å². The summed E-state index contributed by atoms with van der Waals surface area (Å²) in [4.78, 5) is 0. The van der Waals surface area contributed by atoms with Gasteiger partial charge in [0.15, 0.2) is 0 Å². The van der Waals surface area contributed by atoms with Gasteiger partial charge in [-0.25, -0.2) is 13.1 Å². The van der Waals surface area contributed by atoms with Crippen molar-refractivity contribution < 1.29 is 13.2 Å². The highest BCUT2D eigenvalue weighted by Gasteiger charge is 2.25. The van der Waals surface area contributed by atoms with Gasteiger partial charge in [-0.1, -0.05) is 12.8 Å². The summed E-state index contributed by atoms with van der Waals surface area (Å²) in [7, 11) is -1.63. The minimum absolute atomic E-state index is 0.0362. The molecule has 0 spiro atoms. The minimum atomic E-state index is -3.20. The molecule has 16 heavy (non-hydrogen) atoms. The van der Waals surface area contributed by atoms with E-state index in [4.69, 9.17) is 10.5 Å². The average Bonchev–Trinajstić information content (AvgIpc) is 2.21. The molecule has 0 bridgehead atoms. The maximum atomic E-state index is 11.7. The smallest absolute Gasteiger partial charge is 0.211 e. The van der Waals surface area contributed by atoms with Crippen LogP contribution in [0.25, 0.3) is 0 Å². The fourth-order valence-electron chi connectivity index (χ4n) is 1.99. The molecule has 0 aromatic rings. The molecule has 0 saturated heterocycles. The van der Waals surface area contributed by atoms with Crippen molar-refractivity contribution in [2.45, 2.75) is 44.2 Å². The van der Waals surface area contributed by atoms with Gasteiger partial charge in [0.05, 0.1) is 5.75 Å². The highest BCUT2D eigenvalue weighted by molar-refractivity contribution is 7.89. The Hall–Kier alpha value is -0.170. The fourth-order valence-corrected chi connectivity index (χ4v) is 3.36. The van der Waals surface area contributed by atoms with Gasteiger partial charge < -0.3 is 10.5 Å². The third-order valence-corrected chi connectivity index (χ3v) is 4.40. The molecule has 1 rings (SSSR count). The number of hydrogen-bond acceptors (Lipinski definition) is 4. The van der Waals surface area contributed by atoms with Crippen LogP contribution in [0.2, 0.25) is 0 Å². The molecule has 1 aliphatic rings. The van der Waals surface area contributed by atoms with E-state index in [9.17, 15) is 8.42 Å². The number of nitrogens with one attached hydrogen (secondary N) is 1. The number of hydrogen-bond donors (Lipinski definition) is 2. The van der Waals surface area contributed by atoms with E-state index in [1.165, 1.54) is 0 Å². The molecule has 0 amide bonds. The van der Waals surface area contributed by atoms with E-state index in [2.05, 4.69) is 4.72 Å². The second-order valence-corrected chi connectivity index (χ2v) is 6.21. The Balaban J connectivity index is 2.38. The Kier molecular flexibility index (Phi) is 5.68. The monoisotopic (exact) mass is 250 g/mol. The third-order valence-electron chi connectivity index (χ3n) is 2.91. The van der Waals surface area contributed by atoms with Crippen molar-refractivity contribution in [1.29, 1.82) is 0 Å². The molecule has 96 valence electrons. The zero-order valence-electron chi connectivity index (χ0n) is 9.81. The van der Waals surface area contributed by atoms with Crippen molar-refractivity contribution in [3.05, 3.63) is 0 Å². The summed E-state index contributed by atoms with van der Waals surface area (Å²) < 4.78 is 30.9. The maximum Gasteiger partial charge on any atom is 0.211 e. The first-order valence-corrected chi connectivity index (χ1v) is 7.45. The van der Waals surface area contributed by atoms with Crippen LogP contribution in [0, 0.1) is 0 Å². The topological polar surface area (TPSA) is 81.4 Å². The predicted molar refractivity (Wildman–Crippen MR) is 63.6 cm³/mol. The zero-order chi connectivity index (χ0) is 12.0. The summed E-state index contributed by atoms with van der Waals surface area (Å²) >= 11 is 0. The van der Waals surface area contributed by atoms with Crippen molar-refractivity contribution in [3.63, 3.8) is 0 Å². The molecular weight excluding hydrogens is 228 g/mol. The Morgan fingerprint density at radius 2 is 2.06 bits per heavy atom. The van der Waals surface area contributed by atoms with Crippen molar-refractivity contribution in [2.24, 2.45) is 5.73 Å². The van der Waals surface area contributed by atoms with Gasteiger partial charge in [-0.2, -0.15) is 0 Å². The zero-order valence-corrected chi connectivity index (χ0v) is 10.6. The van der Waals surface area contributed by atoms with Crippen LogP contribution in [0.4, 0.5) is 0 Å². The Morgan fingerprint density at radius 1 is 1.38 bits per heavy atom.